The topological polar surface area (TPSA) is 105 Å². The van der Waals surface area contributed by atoms with Crippen molar-refractivity contribution in [2.45, 2.75) is 25.9 Å². The molecule has 24 heavy (non-hydrogen) atoms. The second kappa shape index (κ2) is 11.3. The quantitative estimate of drug-likeness (QED) is 0.193. The van der Waals surface area contributed by atoms with Gasteiger partial charge in [0.2, 0.25) is 0 Å². The molecule has 0 bridgehead atoms. The predicted molar refractivity (Wildman–Crippen MR) is 89.9 cm³/mol. The third-order valence-corrected chi connectivity index (χ3v) is 3.38. The van der Waals surface area contributed by atoms with Crippen molar-refractivity contribution in [1.82, 2.24) is 10.4 Å². The van der Waals surface area contributed by atoms with Crippen molar-refractivity contribution in [3.63, 3.8) is 0 Å². The Kier molecular flexibility index (Phi) is 9.36. The number of unbranched alkanes of at least 4 members (excludes halogenated alkanes) is 1. The Morgan fingerprint density at radius 3 is 2.50 bits per heavy atom. The van der Waals surface area contributed by atoms with Crippen molar-refractivity contribution in [2.24, 2.45) is 5.73 Å². The molecule has 1 aromatic rings. The van der Waals surface area contributed by atoms with Gasteiger partial charge in [-0.3, -0.25) is 10.0 Å². The Labute approximate surface area is 142 Å². The Hall–Kier alpha value is -2.22. The van der Waals surface area contributed by atoms with E-state index in [2.05, 4.69) is 10.1 Å². The molecule has 0 aliphatic heterocycles. The number of nitrogens with two attached hydrogens (primary N) is 1. The molecule has 0 heterocycles. The molecule has 0 aliphatic rings. The summed E-state index contributed by atoms with van der Waals surface area (Å²) in [5.74, 6) is -1.28. The monoisotopic (exact) mass is 335 g/mol. The molecule has 1 aromatic carbocycles. The largest absolute Gasteiger partial charge is 0.466 e. The summed E-state index contributed by atoms with van der Waals surface area (Å²) in [6.07, 6.45) is 3.41. The zero-order valence-corrected chi connectivity index (χ0v) is 13.9. The first-order valence-corrected chi connectivity index (χ1v) is 7.81. The lowest BCUT2D eigenvalue weighted by molar-refractivity contribution is -0.159. The molecule has 0 saturated heterocycles. The number of carbonyl (C=O) groups excluding carboxylic acids is 2. The predicted octanol–water partition coefficient (Wildman–Crippen LogP) is 0.962. The van der Waals surface area contributed by atoms with Gasteiger partial charge in [-0.2, -0.15) is 0 Å². The van der Waals surface area contributed by atoms with Crippen LogP contribution in [0.4, 0.5) is 0 Å². The highest BCUT2D eigenvalue weighted by atomic mass is 16.5. The number of nitrogens with one attached hydrogen (secondary N) is 1. The third kappa shape index (κ3) is 7.87. The van der Waals surface area contributed by atoms with Gasteiger partial charge in [-0.05, 0) is 30.5 Å². The number of methoxy groups -OCH3 is 1. The third-order valence-electron chi connectivity index (χ3n) is 3.38. The Morgan fingerprint density at radius 2 is 1.88 bits per heavy atom. The zero-order valence-electron chi connectivity index (χ0n) is 13.9. The van der Waals surface area contributed by atoms with E-state index >= 15 is 0 Å². The van der Waals surface area contributed by atoms with Crippen LogP contribution in [0.3, 0.4) is 0 Å². The van der Waals surface area contributed by atoms with E-state index < -0.39 is 11.9 Å². The molecule has 0 radical (unpaired) electrons. The van der Waals surface area contributed by atoms with Gasteiger partial charge in [0.1, 0.15) is 0 Å². The number of esters is 1. The summed E-state index contributed by atoms with van der Waals surface area (Å²) in [4.78, 5) is 22.3. The van der Waals surface area contributed by atoms with E-state index in [1.807, 2.05) is 24.3 Å². The highest BCUT2D eigenvalue weighted by molar-refractivity contribution is 5.93. The molecule has 132 valence electrons. The molecule has 1 amide bonds. The highest BCUT2D eigenvalue weighted by Crippen LogP contribution is 2.03. The van der Waals surface area contributed by atoms with Crippen LogP contribution in [0.25, 0.3) is 0 Å². The lowest BCUT2D eigenvalue weighted by Crippen LogP contribution is -2.27. The first kappa shape index (κ1) is 19.8. The van der Waals surface area contributed by atoms with Gasteiger partial charge in [-0.1, -0.05) is 24.3 Å². The van der Waals surface area contributed by atoms with E-state index in [9.17, 15) is 14.8 Å². The number of amides is 1. The number of hydrogen-bond donors (Lipinski definition) is 3. The van der Waals surface area contributed by atoms with E-state index in [1.54, 1.807) is 0 Å². The van der Waals surface area contributed by atoms with Crippen molar-refractivity contribution in [2.75, 3.05) is 20.2 Å². The van der Waals surface area contributed by atoms with Crippen LogP contribution in [0.5, 0.6) is 0 Å². The second-order valence-corrected chi connectivity index (χ2v) is 5.22. The Balaban J connectivity index is 2.13. The summed E-state index contributed by atoms with van der Waals surface area (Å²) >= 11 is 0. The average molecular weight is 335 g/mol. The Bertz CT molecular complexity index is 543. The number of carbonyl (C=O) groups is 2. The summed E-state index contributed by atoms with van der Waals surface area (Å²) < 4.78 is 4.36. The molecule has 7 heteroatoms. The van der Waals surface area contributed by atoms with Crippen LogP contribution >= 0.6 is 0 Å². The fourth-order valence-electron chi connectivity index (χ4n) is 1.94. The maximum Gasteiger partial charge on any atom is 0.330 e. The van der Waals surface area contributed by atoms with Crippen molar-refractivity contribution >= 4 is 11.9 Å². The lowest BCUT2D eigenvalue weighted by atomic mass is 10.1. The number of ether oxygens (including phenoxy) is 1. The average Bonchev–Trinajstić information content (AvgIpc) is 2.62. The first-order chi connectivity index (χ1) is 11.6. The van der Waals surface area contributed by atoms with Gasteiger partial charge >= 0.3 is 5.97 Å². The normalized spacial score (nSPS) is 10.8. The number of rotatable bonds is 10. The summed E-state index contributed by atoms with van der Waals surface area (Å²) in [5.41, 5.74) is 7.83. The van der Waals surface area contributed by atoms with Gasteiger partial charge < -0.3 is 15.8 Å². The molecule has 7 nitrogen and oxygen atoms in total. The zero-order chi connectivity index (χ0) is 17.8. The lowest BCUT2D eigenvalue weighted by Gasteiger charge is -2.12. The standard InChI is InChI=1S/C17H25N3O4/c1-24-17(22)9-8-16(21)20(23)11-3-2-10-19-13-15-6-4-14(12-18)5-7-15/h4-9,19,23H,2-3,10-13,18H2,1H3/b9-8+. The fourth-order valence-corrected chi connectivity index (χ4v) is 1.94. The summed E-state index contributed by atoms with van der Waals surface area (Å²) in [6.45, 7) is 2.28. The minimum Gasteiger partial charge on any atom is -0.466 e. The molecule has 0 aliphatic carbocycles. The van der Waals surface area contributed by atoms with Crippen LogP contribution in [0.1, 0.15) is 24.0 Å². The van der Waals surface area contributed by atoms with E-state index in [0.29, 0.717) is 18.0 Å². The molecule has 0 unspecified atom stereocenters. The molecule has 0 atom stereocenters. The second-order valence-electron chi connectivity index (χ2n) is 5.22. The van der Waals surface area contributed by atoms with E-state index in [-0.39, 0.29) is 6.54 Å². The molecule has 4 N–H and O–H groups in total. The molecular weight excluding hydrogens is 310 g/mol. The van der Waals surface area contributed by atoms with Crippen LogP contribution in [0.15, 0.2) is 36.4 Å². The highest BCUT2D eigenvalue weighted by Gasteiger charge is 2.07. The first-order valence-electron chi connectivity index (χ1n) is 7.81. The van der Waals surface area contributed by atoms with Crippen LogP contribution in [0, 0.1) is 0 Å². The maximum atomic E-state index is 11.5. The van der Waals surface area contributed by atoms with Gasteiger partial charge in [0, 0.05) is 31.8 Å². The molecule has 1 rings (SSSR count). The van der Waals surface area contributed by atoms with Crippen molar-refractivity contribution in [3.8, 4) is 0 Å². The van der Waals surface area contributed by atoms with E-state index in [1.165, 1.54) is 12.7 Å². The van der Waals surface area contributed by atoms with E-state index in [4.69, 9.17) is 5.73 Å². The SMILES string of the molecule is COC(=O)/C=C/C(=O)N(O)CCCCNCc1ccc(CN)cc1. The van der Waals surface area contributed by atoms with Gasteiger partial charge in [-0.25, -0.2) is 9.86 Å². The minimum absolute atomic E-state index is 0.206. The van der Waals surface area contributed by atoms with Crippen LogP contribution < -0.4 is 11.1 Å². The molecular formula is C17H25N3O4. The smallest absolute Gasteiger partial charge is 0.330 e. The fraction of sp³-hybridized carbons (Fsp3) is 0.412. The number of nitrogens with zero attached hydrogens (tertiary/aromatic N) is 1. The van der Waals surface area contributed by atoms with Gasteiger partial charge in [0.25, 0.3) is 5.91 Å². The van der Waals surface area contributed by atoms with Gasteiger partial charge in [-0.15, -0.1) is 0 Å². The van der Waals surface area contributed by atoms with Crippen molar-refractivity contribution in [1.29, 1.82) is 0 Å². The maximum absolute atomic E-state index is 11.5. The molecule has 0 spiro atoms. The van der Waals surface area contributed by atoms with E-state index in [0.717, 1.165) is 37.2 Å². The molecule has 0 aromatic heterocycles. The number of hydrogen-bond acceptors (Lipinski definition) is 6. The molecule has 0 fully saturated rings. The molecule has 0 saturated carbocycles. The summed E-state index contributed by atoms with van der Waals surface area (Å²) in [5, 5.41) is 13.4. The summed E-state index contributed by atoms with van der Waals surface area (Å²) in [6, 6.07) is 8.09. The van der Waals surface area contributed by atoms with Crippen LogP contribution in [0.2, 0.25) is 0 Å². The minimum atomic E-state index is -0.645. The van der Waals surface area contributed by atoms with Crippen LogP contribution in [-0.2, 0) is 27.4 Å². The van der Waals surface area contributed by atoms with Crippen molar-refractivity contribution < 1.29 is 19.5 Å². The van der Waals surface area contributed by atoms with Gasteiger partial charge in [0.15, 0.2) is 0 Å². The van der Waals surface area contributed by atoms with Gasteiger partial charge in [0.05, 0.1) is 7.11 Å². The van der Waals surface area contributed by atoms with Crippen molar-refractivity contribution in [3.05, 3.63) is 47.5 Å². The summed E-state index contributed by atoms with van der Waals surface area (Å²) in [7, 11) is 1.22. The Morgan fingerprint density at radius 1 is 1.21 bits per heavy atom. The number of hydroxylamine groups is 2. The number of benzene rings is 1. The van der Waals surface area contributed by atoms with Crippen LogP contribution in [-0.4, -0.2) is 42.3 Å².